The van der Waals surface area contributed by atoms with Gasteiger partial charge in [0.2, 0.25) is 0 Å². The first-order valence-electron chi connectivity index (χ1n) is 5.41. The van der Waals surface area contributed by atoms with Crippen LogP contribution in [0, 0.1) is 6.92 Å². The lowest BCUT2D eigenvalue weighted by molar-refractivity contribution is 0.569. The number of benzene rings is 1. The molecule has 0 radical (unpaired) electrons. The molecule has 1 heterocycles. The molecule has 1 fully saturated rings. The molecular formula is C11H16N2O2S. The first kappa shape index (κ1) is 11.4. The third-order valence-corrected chi connectivity index (χ3v) is 4.22. The second-order valence-electron chi connectivity index (χ2n) is 3.97. The van der Waals surface area contributed by atoms with Crippen LogP contribution in [0.25, 0.3) is 0 Å². The van der Waals surface area contributed by atoms with E-state index in [4.69, 9.17) is 0 Å². The van der Waals surface area contributed by atoms with Crippen LogP contribution in [0.5, 0.6) is 0 Å². The molecule has 1 aromatic carbocycles. The van der Waals surface area contributed by atoms with Gasteiger partial charge in [-0.05, 0) is 24.5 Å². The van der Waals surface area contributed by atoms with Crippen molar-refractivity contribution in [3.05, 3.63) is 29.3 Å². The molecule has 16 heavy (non-hydrogen) atoms. The molecule has 4 nitrogen and oxygen atoms in total. The van der Waals surface area contributed by atoms with E-state index in [9.17, 15) is 8.42 Å². The minimum atomic E-state index is -3.31. The monoisotopic (exact) mass is 240 g/mol. The van der Waals surface area contributed by atoms with E-state index in [-0.39, 0.29) is 0 Å². The SMILES string of the molecule is CCc1cccc(C)c1NS(=O)(=O)N1CC1. The molecule has 2 rings (SSSR count). The van der Waals surface area contributed by atoms with E-state index in [1.807, 2.05) is 32.0 Å². The molecular weight excluding hydrogens is 224 g/mol. The molecule has 0 aromatic heterocycles. The van der Waals surface area contributed by atoms with Crippen molar-refractivity contribution >= 4 is 15.9 Å². The molecule has 0 atom stereocenters. The Morgan fingerprint density at radius 1 is 1.38 bits per heavy atom. The number of hydrogen-bond donors (Lipinski definition) is 1. The normalized spacial score (nSPS) is 16.1. The topological polar surface area (TPSA) is 49.2 Å². The van der Waals surface area contributed by atoms with Crippen molar-refractivity contribution in [1.29, 1.82) is 0 Å². The number of para-hydroxylation sites is 1. The number of hydrogen-bond acceptors (Lipinski definition) is 2. The lowest BCUT2D eigenvalue weighted by atomic mass is 10.1. The van der Waals surface area contributed by atoms with Crippen molar-refractivity contribution in [3.8, 4) is 0 Å². The number of aryl methyl sites for hydroxylation is 2. The van der Waals surface area contributed by atoms with Gasteiger partial charge in [-0.15, -0.1) is 0 Å². The smallest absolute Gasteiger partial charge is 0.270 e. The van der Waals surface area contributed by atoms with E-state index in [1.54, 1.807) is 0 Å². The van der Waals surface area contributed by atoms with E-state index >= 15 is 0 Å². The van der Waals surface area contributed by atoms with Crippen LogP contribution in [0.4, 0.5) is 5.69 Å². The summed E-state index contributed by atoms with van der Waals surface area (Å²) in [6.45, 7) is 5.19. The molecule has 1 aliphatic rings. The van der Waals surface area contributed by atoms with Gasteiger partial charge in [-0.2, -0.15) is 12.7 Å². The summed E-state index contributed by atoms with van der Waals surface area (Å²) in [5.74, 6) is 0. The third kappa shape index (κ3) is 2.20. The predicted molar refractivity (Wildman–Crippen MR) is 64.7 cm³/mol. The van der Waals surface area contributed by atoms with Crippen LogP contribution in [-0.2, 0) is 16.6 Å². The van der Waals surface area contributed by atoms with Gasteiger partial charge >= 0.3 is 10.2 Å². The minimum absolute atomic E-state index is 0.628. The van der Waals surface area contributed by atoms with Gasteiger partial charge in [0, 0.05) is 13.1 Å². The first-order chi connectivity index (χ1) is 7.54. The van der Waals surface area contributed by atoms with Gasteiger partial charge < -0.3 is 0 Å². The summed E-state index contributed by atoms with van der Waals surface area (Å²) < 4.78 is 27.7. The van der Waals surface area contributed by atoms with Crippen molar-refractivity contribution in [1.82, 2.24) is 4.31 Å². The fourth-order valence-electron chi connectivity index (χ4n) is 1.64. The Hall–Kier alpha value is -1.07. The van der Waals surface area contributed by atoms with Crippen LogP contribution >= 0.6 is 0 Å². The highest BCUT2D eigenvalue weighted by atomic mass is 32.2. The van der Waals surface area contributed by atoms with Crippen LogP contribution in [0.2, 0.25) is 0 Å². The van der Waals surface area contributed by atoms with Gasteiger partial charge in [0.1, 0.15) is 0 Å². The Bertz CT molecular complexity index is 493. The van der Waals surface area contributed by atoms with E-state index in [1.165, 1.54) is 4.31 Å². The lowest BCUT2D eigenvalue weighted by Gasteiger charge is -2.14. The molecule has 0 bridgehead atoms. The van der Waals surface area contributed by atoms with E-state index in [0.717, 1.165) is 23.2 Å². The maximum absolute atomic E-state index is 11.8. The summed E-state index contributed by atoms with van der Waals surface area (Å²) in [7, 11) is -3.31. The Labute approximate surface area is 96.5 Å². The zero-order valence-corrected chi connectivity index (χ0v) is 10.3. The summed E-state index contributed by atoms with van der Waals surface area (Å²) in [5, 5.41) is 0. The summed E-state index contributed by atoms with van der Waals surface area (Å²) in [6.07, 6.45) is 0.819. The molecule has 0 aliphatic carbocycles. The number of nitrogens with zero attached hydrogens (tertiary/aromatic N) is 1. The average Bonchev–Trinajstić information content (AvgIpc) is 3.04. The highest BCUT2D eigenvalue weighted by Crippen LogP contribution is 2.24. The van der Waals surface area contributed by atoms with Crippen molar-refractivity contribution in [2.24, 2.45) is 0 Å². The van der Waals surface area contributed by atoms with Crippen LogP contribution in [-0.4, -0.2) is 25.8 Å². The molecule has 0 spiro atoms. The van der Waals surface area contributed by atoms with Gasteiger partial charge in [0.05, 0.1) is 5.69 Å². The maximum Gasteiger partial charge on any atom is 0.301 e. The maximum atomic E-state index is 11.8. The molecule has 0 saturated carbocycles. The highest BCUT2D eigenvalue weighted by Gasteiger charge is 2.32. The summed E-state index contributed by atoms with van der Waals surface area (Å²) in [4.78, 5) is 0. The number of anilines is 1. The van der Waals surface area contributed by atoms with E-state index in [2.05, 4.69) is 4.72 Å². The van der Waals surface area contributed by atoms with Crippen LogP contribution in [0.15, 0.2) is 18.2 Å². The number of nitrogens with one attached hydrogen (secondary N) is 1. The molecule has 1 N–H and O–H groups in total. The summed E-state index contributed by atoms with van der Waals surface area (Å²) in [5.41, 5.74) is 2.73. The molecule has 1 aromatic rings. The minimum Gasteiger partial charge on any atom is -0.270 e. The molecule has 1 aliphatic heterocycles. The predicted octanol–water partition coefficient (Wildman–Crippen LogP) is 1.53. The van der Waals surface area contributed by atoms with Gasteiger partial charge in [-0.25, -0.2) is 0 Å². The fourth-order valence-corrected chi connectivity index (χ4v) is 2.89. The average molecular weight is 240 g/mol. The summed E-state index contributed by atoms with van der Waals surface area (Å²) >= 11 is 0. The van der Waals surface area contributed by atoms with Gasteiger partial charge in [0.15, 0.2) is 0 Å². The second kappa shape index (κ2) is 4.07. The molecule has 88 valence electrons. The zero-order valence-electron chi connectivity index (χ0n) is 9.53. The molecule has 0 unspecified atom stereocenters. The molecule has 1 saturated heterocycles. The van der Waals surface area contributed by atoms with Crippen molar-refractivity contribution in [2.75, 3.05) is 17.8 Å². The van der Waals surface area contributed by atoms with E-state index < -0.39 is 10.2 Å². The quantitative estimate of drug-likeness (QED) is 0.811. The van der Waals surface area contributed by atoms with Crippen molar-refractivity contribution in [3.63, 3.8) is 0 Å². The van der Waals surface area contributed by atoms with Gasteiger partial charge in [-0.3, -0.25) is 4.72 Å². The highest BCUT2D eigenvalue weighted by molar-refractivity contribution is 7.90. The standard InChI is InChI=1S/C11H16N2O2S/c1-3-10-6-4-5-9(2)11(10)12-16(14,15)13-7-8-13/h4-6,12H,3,7-8H2,1-2H3. The van der Waals surface area contributed by atoms with Crippen molar-refractivity contribution < 1.29 is 8.42 Å². The first-order valence-corrected chi connectivity index (χ1v) is 6.85. The van der Waals surface area contributed by atoms with E-state index in [0.29, 0.717) is 13.1 Å². The molecule has 5 heteroatoms. The Kier molecular flexibility index (Phi) is 2.90. The molecule has 0 amide bonds. The van der Waals surface area contributed by atoms with Gasteiger partial charge in [0.25, 0.3) is 0 Å². The lowest BCUT2D eigenvalue weighted by Crippen LogP contribution is -2.22. The van der Waals surface area contributed by atoms with Crippen LogP contribution in [0.1, 0.15) is 18.1 Å². The van der Waals surface area contributed by atoms with Crippen LogP contribution in [0.3, 0.4) is 0 Å². The second-order valence-corrected chi connectivity index (χ2v) is 5.64. The van der Waals surface area contributed by atoms with Gasteiger partial charge in [-0.1, -0.05) is 25.1 Å². The van der Waals surface area contributed by atoms with Crippen molar-refractivity contribution in [2.45, 2.75) is 20.3 Å². The largest absolute Gasteiger partial charge is 0.301 e. The van der Waals surface area contributed by atoms with Crippen LogP contribution < -0.4 is 4.72 Å². The Balaban J connectivity index is 2.33. The Morgan fingerprint density at radius 2 is 2.06 bits per heavy atom. The zero-order chi connectivity index (χ0) is 11.8. The third-order valence-electron chi connectivity index (χ3n) is 2.72. The summed E-state index contributed by atoms with van der Waals surface area (Å²) in [6, 6.07) is 5.82. The fraction of sp³-hybridized carbons (Fsp3) is 0.455. The Morgan fingerprint density at radius 3 is 2.62 bits per heavy atom. The number of rotatable bonds is 4.